The summed E-state index contributed by atoms with van der Waals surface area (Å²) in [5, 5.41) is 2.95. The first-order valence-electron chi connectivity index (χ1n) is 6.02. The maximum absolute atomic E-state index is 11.2. The van der Waals surface area contributed by atoms with Gasteiger partial charge in [0.2, 0.25) is 0 Å². The molecule has 1 fully saturated rings. The predicted octanol–water partition coefficient (Wildman–Crippen LogP) is 1.99. The fourth-order valence-corrected chi connectivity index (χ4v) is 2.05. The first-order chi connectivity index (χ1) is 7.40. The third-order valence-electron chi connectivity index (χ3n) is 3.22. The molecule has 0 aromatic carbocycles. The Morgan fingerprint density at radius 3 is 2.12 bits per heavy atom. The van der Waals surface area contributed by atoms with Crippen molar-refractivity contribution >= 4 is 6.09 Å². The number of rotatable bonds is 5. The predicted molar refractivity (Wildman–Crippen MR) is 64.5 cm³/mol. The van der Waals surface area contributed by atoms with Crippen LogP contribution in [0.5, 0.6) is 0 Å². The second-order valence-corrected chi connectivity index (χ2v) is 5.26. The van der Waals surface area contributed by atoms with Crippen molar-refractivity contribution in [3.8, 4) is 0 Å². The van der Waals surface area contributed by atoms with E-state index in [9.17, 15) is 4.79 Å². The third-order valence-corrected chi connectivity index (χ3v) is 3.22. The highest BCUT2D eigenvalue weighted by Crippen LogP contribution is 2.37. The zero-order chi connectivity index (χ0) is 12.3. The summed E-state index contributed by atoms with van der Waals surface area (Å²) in [4.78, 5) is 13.6. The second kappa shape index (κ2) is 5.04. The zero-order valence-corrected chi connectivity index (χ0v) is 11.0. The fourth-order valence-electron chi connectivity index (χ4n) is 2.05. The van der Waals surface area contributed by atoms with Gasteiger partial charge in [-0.3, -0.25) is 4.90 Å². The lowest BCUT2D eigenvalue weighted by Crippen LogP contribution is -2.50. The van der Waals surface area contributed by atoms with Crippen molar-refractivity contribution in [2.45, 2.75) is 58.2 Å². The third kappa shape index (κ3) is 3.37. The van der Waals surface area contributed by atoms with E-state index in [0.29, 0.717) is 12.1 Å². The molecule has 1 saturated carbocycles. The van der Waals surface area contributed by atoms with Gasteiger partial charge in [0.25, 0.3) is 0 Å². The van der Waals surface area contributed by atoms with Crippen molar-refractivity contribution in [2.75, 3.05) is 13.7 Å². The number of hydrogen-bond donors (Lipinski definition) is 1. The standard InChI is InChI=1S/C12H24N2O2/c1-9(2)14(10(3)4)8-12(6-7-12)13-11(15)16-5/h9-10H,6-8H2,1-5H3,(H,13,15). The minimum atomic E-state index is -0.315. The minimum Gasteiger partial charge on any atom is -0.453 e. The number of methoxy groups -OCH3 is 1. The average molecular weight is 228 g/mol. The van der Waals surface area contributed by atoms with Crippen LogP contribution in [-0.2, 0) is 4.74 Å². The first kappa shape index (κ1) is 13.3. The smallest absolute Gasteiger partial charge is 0.407 e. The molecule has 1 rings (SSSR count). The Labute approximate surface area is 98.3 Å². The first-order valence-corrected chi connectivity index (χ1v) is 6.02. The van der Waals surface area contributed by atoms with E-state index in [2.05, 4.69) is 42.6 Å². The summed E-state index contributed by atoms with van der Waals surface area (Å²) in [7, 11) is 1.41. The van der Waals surface area contributed by atoms with E-state index in [-0.39, 0.29) is 11.6 Å². The fraction of sp³-hybridized carbons (Fsp3) is 0.917. The van der Waals surface area contributed by atoms with Crippen LogP contribution in [0.25, 0.3) is 0 Å². The highest BCUT2D eigenvalue weighted by Gasteiger charge is 2.46. The normalized spacial score (nSPS) is 18.0. The molecule has 0 unspecified atom stereocenters. The Bertz CT molecular complexity index is 239. The van der Waals surface area contributed by atoms with Gasteiger partial charge in [0, 0.05) is 18.6 Å². The monoisotopic (exact) mass is 228 g/mol. The average Bonchev–Trinajstić information content (AvgIpc) is 2.94. The van der Waals surface area contributed by atoms with Crippen LogP contribution in [0, 0.1) is 0 Å². The number of hydrogen-bond acceptors (Lipinski definition) is 3. The van der Waals surface area contributed by atoms with E-state index in [4.69, 9.17) is 0 Å². The van der Waals surface area contributed by atoms with Crippen LogP contribution in [-0.4, -0.2) is 42.3 Å². The molecule has 94 valence electrons. The number of ether oxygens (including phenoxy) is 1. The molecule has 0 heterocycles. The molecule has 0 aromatic heterocycles. The lowest BCUT2D eigenvalue weighted by atomic mass is 10.1. The van der Waals surface area contributed by atoms with Gasteiger partial charge in [0.15, 0.2) is 0 Å². The van der Waals surface area contributed by atoms with E-state index in [0.717, 1.165) is 19.4 Å². The lowest BCUT2D eigenvalue weighted by Gasteiger charge is -2.34. The van der Waals surface area contributed by atoms with Gasteiger partial charge in [-0.05, 0) is 40.5 Å². The molecule has 4 nitrogen and oxygen atoms in total. The largest absolute Gasteiger partial charge is 0.453 e. The summed E-state index contributed by atoms with van der Waals surface area (Å²) in [6.07, 6.45) is 1.79. The summed E-state index contributed by atoms with van der Waals surface area (Å²) in [5.74, 6) is 0. The summed E-state index contributed by atoms with van der Waals surface area (Å²) < 4.78 is 4.66. The molecule has 0 radical (unpaired) electrons. The second-order valence-electron chi connectivity index (χ2n) is 5.26. The van der Waals surface area contributed by atoms with Gasteiger partial charge in [-0.2, -0.15) is 0 Å². The molecule has 16 heavy (non-hydrogen) atoms. The van der Waals surface area contributed by atoms with Crippen LogP contribution in [0.3, 0.4) is 0 Å². The van der Waals surface area contributed by atoms with Crippen LogP contribution < -0.4 is 5.32 Å². The number of carbonyl (C=O) groups excluding carboxylic acids is 1. The molecule has 0 atom stereocenters. The Morgan fingerprint density at radius 2 is 1.81 bits per heavy atom. The van der Waals surface area contributed by atoms with Crippen LogP contribution in [0.1, 0.15) is 40.5 Å². The Balaban J connectivity index is 2.54. The maximum atomic E-state index is 11.2. The number of alkyl carbamates (subject to hydrolysis) is 1. The molecular formula is C12H24N2O2. The van der Waals surface area contributed by atoms with Crippen LogP contribution in [0.2, 0.25) is 0 Å². The minimum absolute atomic E-state index is 0.0400. The van der Waals surface area contributed by atoms with E-state index in [1.54, 1.807) is 0 Å². The van der Waals surface area contributed by atoms with Crippen LogP contribution in [0.4, 0.5) is 4.79 Å². The molecule has 0 spiro atoms. The topological polar surface area (TPSA) is 41.6 Å². The van der Waals surface area contributed by atoms with E-state index in [1.165, 1.54) is 7.11 Å². The molecule has 0 aromatic rings. The molecule has 1 aliphatic rings. The van der Waals surface area contributed by atoms with Crippen molar-refractivity contribution in [3.05, 3.63) is 0 Å². The molecule has 0 aliphatic heterocycles. The summed E-state index contributed by atoms with van der Waals surface area (Å²) >= 11 is 0. The number of nitrogens with zero attached hydrogens (tertiary/aromatic N) is 1. The summed E-state index contributed by atoms with van der Waals surface area (Å²) in [5.41, 5.74) is -0.0400. The van der Waals surface area contributed by atoms with Crippen molar-refractivity contribution in [2.24, 2.45) is 0 Å². The number of amides is 1. The number of carbonyl (C=O) groups is 1. The van der Waals surface area contributed by atoms with Crippen molar-refractivity contribution in [3.63, 3.8) is 0 Å². The molecule has 1 aliphatic carbocycles. The van der Waals surface area contributed by atoms with Gasteiger partial charge in [0.1, 0.15) is 0 Å². The maximum Gasteiger partial charge on any atom is 0.407 e. The van der Waals surface area contributed by atoms with E-state index in [1.807, 2.05) is 0 Å². The van der Waals surface area contributed by atoms with Crippen LogP contribution in [0.15, 0.2) is 0 Å². The molecule has 1 N–H and O–H groups in total. The highest BCUT2D eigenvalue weighted by molar-refractivity contribution is 5.68. The van der Waals surface area contributed by atoms with Crippen LogP contribution >= 0.6 is 0 Å². The molecule has 1 amide bonds. The van der Waals surface area contributed by atoms with Crippen molar-refractivity contribution in [1.82, 2.24) is 10.2 Å². The van der Waals surface area contributed by atoms with E-state index < -0.39 is 0 Å². The Morgan fingerprint density at radius 1 is 1.31 bits per heavy atom. The zero-order valence-electron chi connectivity index (χ0n) is 11.0. The highest BCUT2D eigenvalue weighted by atomic mass is 16.5. The lowest BCUT2D eigenvalue weighted by molar-refractivity contribution is 0.133. The van der Waals surface area contributed by atoms with Gasteiger partial charge in [0.05, 0.1) is 12.6 Å². The Hall–Kier alpha value is -0.770. The van der Waals surface area contributed by atoms with Gasteiger partial charge in [-0.25, -0.2) is 4.79 Å². The SMILES string of the molecule is COC(=O)NC1(CN(C(C)C)C(C)C)CC1. The molecular weight excluding hydrogens is 204 g/mol. The Kier molecular flexibility index (Phi) is 4.19. The molecule has 4 heteroatoms. The van der Waals surface area contributed by atoms with Gasteiger partial charge in [-0.1, -0.05) is 0 Å². The molecule has 0 saturated heterocycles. The quantitative estimate of drug-likeness (QED) is 0.782. The van der Waals surface area contributed by atoms with Gasteiger partial charge < -0.3 is 10.1 Å². The number of nitrogens with one attached hydrogen (secondary N) is 1. The van der Waals surface area contributed by atoms with Crippen molar-refractivity contribution in [1.29, 1.82) is 0 Å². The molecule has 0 bridgehead atoms. The van der Waals surface area contributed by atoms with E-state index >= 15 is 0 Å². The van der Waals surface area contributed by atoms with Gasteiger partial charge >= 0.3 is 6.09 Å². The van der Waals surface area contributed by atoms with Gasteiger partial charge in [-0.15, -0.1) is 0 Å². The van der Waals surface area contributed by atoms with Crippen molar-refractivity contribution < 1.29 is 9.53 Å². The summed E-state index contributed by atoms with van der Waals surface area (Å²) in [6, 6.07) is 0.994. The summed E-state index contributed by atoms with van der Waals surface area (Å²) in [6.45, 7) is 9.67.